The first kappa shape index (κ1) is 19.2. The average molecular weight is 369 g/mol. The van der Waals surface area contributed by atoms with Crippen molar-refractivity contribution >= 4 is 29.0 Å². The van der Waals surface area contributed by atoms with Gasteiger partial charge in [0.1, 0.15) is 0 Å². The number of hydrogen-bond acceptors (Lipinski definition) is 4. The molecule has 0 aromatic heterocycles. The third kappa shape index (κ3) is 5.17. The summed E-state index contributed by atoms with van der Waals surface area (Å²) < 4.78 is 27.0. The molecule has 1 aliphatic rings. The molecule has 2 unspecified atom stereocenters. The summed E-state index contributed by atoms with van der Waals surface area (Å²) in [5.41, 5.74) is 0.936. The maximum atomic E-state index is 12.7. The molecule has 2 atom stereocenters. The van der Waals surface area contributed by atoms with E-state index >= 15 is 0 Å². The van der Waals surface area contributed by atoms with Gasteiger partial charge in [0.05, 0.1) is 6.10 Å². The number of hydrogen-bond donors (Lipinski definition) is 2. The van der Waals surface area contributed by atoms with Crippen molar-refractivity contribution < 1.29 is 23.1 Å². The predicted molar refractivity (Wildman–Crippen MR) is 94.5 cm³/mol. The van der Waals surface area contributed by atoms with Crippen molar-refractivity contribution in [1.82, 2.24) is 9.80 Å². The number of carbonyl (C=O) groups excluding carboxylic acids is 2. The van der Waals surface area contributed by atoms with Gasteiger partial charge in [-0.2, -0.15) is 0 Å². The fourth-order valence-corrected chi connectivity index (χ4v) is 2.99. The molecule has 0 bridgehead atoms. The zero-order chi connectivity index (χ0) is 18.6. The van der Waals surface area contributed by atoms with E-state index in [9.17, 15) is 13.8 Å². The van der Waals surface area contributed by atoms with Crippen molar-refractivity contribution in [2.75, 3.05) is 24.4 Å². The van der Waals surface area contributed by atoms with Gasteiger partial charge in [0.25, 0.3) is 17.2 Å². The number of nitrogens with one attached hydrogen (secondary N) is 1. The molecule has 8 nitrogen and oxygen atoms in total. The molecule has 2 amide bonds. The lowest BCUT2D eigenvalue weighted by molar-refractivity contribution is 0.0338. The maximum Gasteiger partial charge on any atom is 0.410 e. The quantitative estimate of drug-likeness (QED) is 0.790. The summed E-state index contributed by atoms with van der Waals surface area (Å²) in [6.07, 6.45) is -0.538. The van der Waals surface area contributed by atoms with Gasteiger partial charge in [0, 0.05) is 36.9 Å². The fraction of sp³-hybridized carbons (Fsp3) is 0.500. The van der Waals surface area contributed by atoms with Gasteiger partial charge in [-0.3, -0.25) is 14.1 Å². The van der Waals surface area contributed by atoms with Crippen LogP contribution in [0.3, 0.4) is 0 Å². The second kappa shape index (κ2) is 8.30. The molecule has 1 heterocycles. The van der Waals surface area contributed by atoms with Crippen molar-refractivity contribution in [3.8, 4) is 0 Å². The van der Waals surface area contributed by atoms with Gasteiger partial charge < -0.3 is 14.5 Å². The molecule has 1 saturated heterocycles. The van der Waals surface area contributed by atoms with E-state index < -0.39 is 11.3 Å². The van der Waals surface area contributed by atoms with E-state index in [0.717, 1.165) is 0 Å². The molecule has 138 valence electrons. The second-order valence-corrected chi connectivity index (χ2v) is 6.86. The van der Waals surface area contributed by atoms with Crippen LogP contribution in [0.5, 0.6) is 0 Å². The van der Waals surface area contributed by atoms with Crippen LogP contribution in [0.4, 0.5) is 10.5 Å². The lowest BCUT2D eigenvalue weighted by atomic mass is 10.1. The summed E-state index contributed by atoms with van der Waals surface area (Å²) in [7, 11) is 0. The standard InChI is InChI=1S/C16H23N3O5S/c1-11(2)24-16(21)18-8-9-19(12(3)10-18)15(20)13-4-6-14(7-5-13)17-25(22)23/h4-7,11-12,17H,8-10H2,1-3H3,(H,22,23). The van der Waals surface area contributed by atoms with Gasteiger partial charge in [-0.1, -0.05) is 0 Å². The number of benzene rings is 1. The van der Waals surface area contributed by atoms with E-state index in [1.807, 2.05) is 6.92 Å². The molecule has 25 heavy (non-hydrogen) atoms. The molecular weight excluding hydrogens is 346 g/mol. The minimum absolute atomic E-state index is 0.135. The molecular formula is C16H23N3O5S. The highest BCUT2D eigenvalue weighted by Crippen LogP contribution is 2.17. The minimum Gasteiger partial charge on any atom is -0.447 e. The van der Waals surface area contributed by atoms with Crippen LogP contribution in [0.2, 0.25) is 0 Å². The Morgan fingerprint density at radius 2 is 1.92 bits per heavy atom. The fourth-order valence-electron chi connectivity index (χ4n) is 2.65. The van der Waals surface area contributed by atoms with E-state index in [4.69, 9.17) is 9.29 Å². The van der Waals surface area contributed by atoms with Crippen LogP contribution in [-0.4, -0.2) is 62.3 Å². The highest BCUT2D eigenvalue weighted by molar-refractivity contribution is 7.80. The third-order valence-electron chi connectivity index (χ3n) is 3.82. The third-order valence-corrected chi connectivity index (χ3v) is 4.23. The van der Waals surface area contributed by atoms with Gasteiger partial charge >= 0.3 is 6.09 Å². The molecule has 0 spiro atoms. The van der Waals surface area contributed by atoms with Gasteiger partial charge in [0.15, 0.2) is 0 Å². The first-order valence-electron chi connectivity index (χ1n) is 8.02. The average Bonchev–Trinajstić information content (AvgIpc) is 2.53. The Balaban J connectivity index is 1.99. The van der Waals surface area contributed by atoms with Crippen LogP contribution < -0.4 is 4.72 Å². The number of carbonyl (C=O) groups is 2. The van der Waals surface area contributed by atoms with Crippen LogP contribution in [0.15, 0.2) is 24.3 Å². The maximum absolute atomic E-state index is 12.7. The Morgan fingerprint density at radius 3 is 2.44 bits per heavy atom. The lowest BCUT2D eigenvalue weighted by Gasteiger charge is -2.39. The Hall–Kier alpha value is -2.13. The Kier molecular flexibility index (Phi) is 6.38. The molecule has 9 heteroatoms. The number of piperazine rings is 1. The van der Waals surface area contributed by atoms with E-state index in [2.05, 4.69) is 4.72 Å². The van der Waals surface area contributed by atoms with Gasteiger partial charge in [-0.15, -0.1) is 0 Å². The first-order valence-corrected chi connectivity index (χ1v) is 9.12. The molecule has 1 fully saturated rings. The summed E-state index contributed by atoms with van der Waals surface area (Å²) in [4.78, 5) is 28.0. The topological polar surface area (TPSA) is 99.2 Å². The van der Waals surface area contributed by atoms with Crippen molar-refractivity contribution in [3.05, 3.63) is 29.8 Å². The normalized spacial score (nSPS) is 18.8. The van der Waals surface area contributed by atoms with E-state index in [0.29, 0.717) is 30.9 Å². The molecule has 0 radical (unpaired) electrons. The number of amides is 2. The number of nitrogens with zero attached hydrogens (tertiary/aromatic N) is 2. The van der Waals surface area contributed by atoms with Crippen LogP contribution in [0.25, 0.3) is 0 Å². The van der Waals surface area contributed by atoms with Crippen LogP contribution in [-0.2, 0) is 16.0 Å². The Labute approximate surface area is 149 Å². The van der Waals surface area contributed by atoms with Crippen molar-refractivity contribution in [2.45, 2.75) is 32.9 Å². The van der Waals surface area contributed by atoms with Crippen molar-refractivity contribution in [2.24, 2.45) is 0 Å². The summed E-state index contributed by atoms with van der Waals surface area (Å²) in [6, 6.07) is 6.21. The van der Waals surface area contributed by atoms with E-state index in [-0.39, 0.29) is 24.1 Å². The number of anilines is 1. The van der Waals surface area contributed by atoms with Gasteiger partial charge in [-0.25, -0.2) is 9.00 Å². The Morgan fingerprint density at radius 1 is 1.28 bits per heavy atom. The minimum atomic E-state index is -2.15. The summed E-state index contributed by atoms with van der Waals surface area (Å²) in [6.45, 7) is 6.74. The summed E-state index contributed by atoms with van der Waals surface area (Å²) >= 11 is -2.15. The molecule has 1 aromatic carbocycles. The predicted octanol–water partition coefficient (Wildman–Crippen LogP) is 1.93. The molecule has 2 rings (SSSR count). The zero-order valence-corrected chi connectivity index (χ0v) is 15.3. The summed E-state index contributed by atoms with van der Waals surface area (Å²) in [5, 5.41) is 0. The smallest absolute Gasteiger partial charge is 0.410 e. The molecule has 0 saturated carbocycles. The summed E-state index contributed by atoms with van der Waals surface area (Å²) in [5.74, 6) is -0.138. The first-order chi connectivity index (χ1) is 11.8. The van der Waals surface area contributed by atoms with Crippen molar-refractivity contribution in [3.63, 3.8) is 0 Å². The van der Waals surface area contributed by atoms with E-state index in [1.165, 1.54) is 0 Å². The van der Waals surface area contributed by atoms with E-state index in [1.54, 1.807) is 47.9 Å². The van der Waals surface area contributed by atoms with Gasteiger partial charge in [-0.05, 0) is 45.0 Å². The monoisotopic (exact) mass is 369 g/mol. The van der Waals surface area contributed by atoms with Crippen molar-refractivity contribution in [1.29, 1.82) is 0 Å². The number of rotatable bonds is 4. The Bertz CT molecular complexity index is 650. The SMILES string of the molecule is CC(C)OC(=O)N1CCN(C(=O)c2ccc(NS(=O)O)cc2)C(C)C1. The molecule has 1 aliphatic heterocycles. The molecule has 0 aliphatic carbocycles. The highest BCUT2D eigenvalue weighted by Gasteiger charge is 2.31. The van der Waals surface area contributed by atoms with Crippen LogP contribution in [0.1, 0.15) is 31.1 Å². The van der Waals surface area contributed by atoms with Gasteiger partial charge in [0.2, 0.25) is 0 Å². The molecule has 2 N–H and O–H groups in total. The van der Waals surface area contributed by atoms with Crippen LogP contribution >= 0.6 is 0 Å². The van der Waals surface area contributed by atoms with Crippen LogP contribution in [0, 0.1) is 0 Å². The zero-order valence-electron chi connectivity index (χ0n) is 14.5. The highest BCUT2D eigenvalue weighted by atomic mass is 32.2. The largest absolute Gasteiger partial charge is 0.447 e. The lowest BCUT2D eigenvalue weighted by Crippen LogP contribution is -2.55. The molecule has 1 aromatic rings. The second-order valence-electron chi connectivity index (χ2n) is 6.15. The number of ether oxygens (including phenoxy) is 1.